The number of rotatable bonds is 6. The van der Waals surface area contributed by atoms with E-state index >= 15 is 0 Å². The second-order valence-corrected chi connectivity index (χ2v) is 5.06. The third kappa shape index (κ3) is 3.19. The quantitative estimate of drug-likeness (QED) is 0.761. The lowest BCUT2D eigenvalue weighted by Crippen LogP contribution is -2.28. The fourth-order valence-corrected chi connectivity index (χ4v) is 2.25. The SMILES string of the molecule is CCCC(C)(C)n1nnnc1SCC(=O)O. The van der Waals surface area contributed by atoms with Crippen LogP contribution in [0.1, 0.15) is 33.6 Å². The zero-order chi connectivity index (χ0) is 12.2. The molecule has 1 aromatic heterocycles. The van der Waals surface area contributed by atoms with Crippen molar-refractivity contribution in [2.45, 2.75) is 44.3 Å². The molecule has 1 heterocycles. The van der Waals surface area contributed by atoms with Gasteiger partial charge in [-0.05, 0) is 30.7 Å². The van der Waals surface area contributed by atoms with Crippen molar-refractivity contribution in [3.63, 3.8) is 0 Å². The molecule has 0 bridgehead atoms. The van der Waals surface area contributed by atoms with Crippen molar-refractivity contribution in [2.24, 2.45) is 0 Å². The van der Waals surface area contributed by atoms with E-state index in [1.165, 1.54) is 0 Å². The molecule has 1 aromatic rings. The minimum atomic E-state index is -0.868. The Morgan fingerprint density at radius 3 is 2.81 bits per heavy atom. The molecule has 0 amide bonds. The highest BCUT2D eigenvalue weighted by Gasteiger charge is 2.24. The number of carboxylic acids is 1. The first-order valence-corrected chi connectivity index (χ1v) is 6.09. The third-order valence-electron chi connectivity index (χ3n) is 2.20. The first kappa shape index (κ1) is 13.0. The van der Waals surface area contributed by atoms with Crippen molar-refractivity contribution in [2.75, 3.05) is 5.75 Å². The molecular formula is C9H16N4O2S. The monoisotopic (exact) mass is 244 g/mol. The zero-order valence-corrected chi connectivity index (χ0v) is 10.5. The maximum Gasteiger partial charge on any atom is 0.313 e. The molecule has 0 saturated heterocycles. The van der Waals surface area contributed by atoms with Gasteiger partial charge in [-0.15, -0.1) is 5.10 Å². The first-order chi connectivity index (χ1) is 7.47. The molecule has 0 aliphatic rings. The normalized spacial score (nSPS) is 11.7. The van der Waals surface area contributed by atoms with Crippen LogP contribution in [-0.2, 0) is 10.3 Å². The average molecular weight is 244 g/mol. The van der Waals surface area contributed by atoms with E-state index in [4.69, 9.17) is 5.11 Å². The first-order valence-electron chi connectivity index (χ1n) is 5.11. The van der Waals surface area contributed by atoms with Gasteiger partial charge in [0.05, 0.1) is 11.3 Å². The summed E-state index contributed by atoms with van der Waals surface area (Å²) in [5.74, 6) is -0.893. The van der Waals surface area contributed by atoms with Gasteiger partial charge in [-0.25, -0.2) is 4.68 Å². The zero-order valence-electron chi connectivity index (χ0n) is 9.67. The van der Waals surface area contributed by atoms with Crippen LogP contribution in [0.4, 0.5) is 0 Å². The Bertz CT molecular complexity index is 364. The summed E-state index contributed by atoms with van der Waals surface area (Å²) in [6.45, 7) is 6.17. The lowest BCUT2D eigenvalue weighted by molar-refractivity contribution is -0.133. The Hall–Kier alpha value is -1.11. The number of nitrogens with zero attached hydrogens (tertiary/aromatic N) is 4. The molecule has 90 valence electrons. The van der Waals surface area contributed by atoms with Gasteiger partial charge in [-0.3, -0.25) is 4.79 Å². The van der Waals surface area contributed by atoms with Gasteiger partial charge in [0.25, 0.3) is 0 Å². The van der Waals surface area contributed by atoms with Crippen LogP contribution in [0.15, 0.2) is 5.16 Å². The number of hydrogen-bond donors (Lipinski definition) is 1. The molecule has 0 radical (unpaired) electrons. The summed E-state index contributed by atoms with van der Waals surface area (Å²) in [5, 5.41) is 20.5. The minimum absolute atomic E-state index is 0.0252. The number of carboxylic acid groups (broad SMARTS) is 1. The Balaban J connectivity index is 2.80. The van der Waals surface area contributed by atoms with Crippen LogP contribution in [0, 0.1) is 0 Å². The second-order valence-electron chi connectivity index (χ2n) is 4.12. The average Bonchev–Trinajstić information content (AvgIpc) is 2.62. The molecule has 0 aromatic carbocycles. The molecule has 1 N–H and O–H groups in total. The van der Waals surface area contributed by atoms with Crippen LogP contribution >= 0.6 is 11.8 Å². The predicted molar refractivity (Wildman–Crippen MR) is 60.4 cm³/mol. The molecule has 0 fully saturated rings. The Kier molecular flexibility index (Phi) is 4.28. The number of thioether (sulfide) groups is 1. The molecule has 0 aliphatic heterocycles. The lowest BCUT2D eigenvalue weighted by Gasteiger charge is -2.24. The van der Waals surface area contributed by atoms with Crippen LogP contribution in [0.25, 0.3) is 0 Å². The van der Waals surface area contributed by atoms with E-state index in [9.17, 15) is 4.79 Å². The lowest BCUT2D eigenvalue weighted by atomic mass is 10.00. The van der Waals surface area contributed by atoms with E-state index in [0.717, 1.165) is 24.6 Å². The summed E-state index contributed by atoms with van der Waals surface area (Å²) in [6.07, 6.45) is 1.97. The fraction of sp³-hybridized carbons (Fsp3) is 0.778. The fourth-order valence-electron chi connectivity index (χ4n) is 1.49. The molecule has 1 rings (SSSR count). The second kappa shape index (κ2) is 5.29. The summed E-state index contributed by atoms with van der Waals surface area (Å²) in [7, 11) is 0. The van der Waals surface area contributed by atoms with Gasteiger partial charge in [0, 0.05) is 0 Å². The molecule has 0 spiro atoms. The maximum absolute atomic E-state index is 10.5. The molecule has 0 atom stereocenters. The van der Waals surface area contributed by atoms with Crippen molar-refractivity contribution in [1.29, 1.82) is 0 Å². The van der Waals surface area contributed by atoms with Gasteiger partial charge < -0.3 is 5.11 Å². The molecule has 6 nitrogen and oxygen atoms in total. The molecule has 0 aliphatic carbocycles. The van der Waals surface area contributed by atoms with Gasteiger partial charge >= 0.3 is 5.97 Å². The molecule has 0 unspecified atom stereocenters. The summed E-state index contributed by atoms with van der Waals surface area (Å²) >= 11 is 1.14. The highest BCUT2D eigenvalue weighted by Crippen LogP contribution is 2.25. The maximum atomic E-state index is 10.5. The van der Waals surface area contributed by atoms with Crippen molar-refractivity contribution in [3.05, 3.63) is 0 Å². The smallest absolute Gasteiger partial charge is 0.313 e. The third-order valence-corrected chi connectivity index (χ3v) is 3.10. The van der Waals surface area contributed by atoms with Crippen molar-refractivity contribution >= 4 is 17.7 Å². The standard InChI is InChI=1S/C9H16N4O2S/c1-4-5-9(2,3)13-8(10-11-12-13)16-6-7(14)15/h4-6H2,1-3H3,(H,14,15). The Labute approximate surface area is 98.4 Å². The van der Waals surface area contributed by atoms with Gasteiger partial charge in [0.15, 0.2) is 0 Å². The number of aromatic nitrogens is 4. The molecular weight excluding hydrogens is 228 g/mol. The van der Waals surface area contributed by atoms with Gasteiger partial charge in [-0.2, -0.15) is 0 Å². The van der Waals surface area contributed by atoms with Gasteiger partial charge in [0.2, 0.25) is 5.16 Å². The van der Waals surface area contributed by atoms with E-state index in [-0.39, 0.29) is 11.3 Å². The van der Waals surface area contributed by atoms with Crippen LogP contribution < -0.4 is 0 Å². The van der Waals surface area contributed by atoms with Crippen molar-refractivity contribution in [3.8, 4) is 0 Å². The summed E-state index contributed by atoms with van der Waals surface area (Å²) in [4.78, 5) is 10.5. The Morgan fingerprint density at radius 1 is 1.56 bits per heavy atom. The van der Waals surface area contributed by atoms with Crippen molar-refractivity contribution < 1.29 is 9.90 Å². The van der Waals surface area contributed by atoms with Crippen LogP contribution in [0.2, 0.25) is 0 Å². The van der Waals surface area contributed by atoms with Crippen molar-refractivity contribution in [1.82, 2.24) is 20.2 Å². The topological polar surface area (TPSA) is 80.9 Å². The highest BCUT2D eigenvalue weighted by molar-refractivity contribution is 7.99. The minimum Gasteiger partial charge on any atom is -0.481 e. The summed E-state index contributed by atoms with van der Waals surface area (Å²) in [5.41, 5.74) is -0.181. The predicted octanol–water partition coefficient (Wildman–Crippen LogP) is 1.39. The van der Waals surface area contributed by atoms with Crippen LogP contribution in [0.5, 0.6) is 0 Å². The van der Waals surface area contributed by atoms with E-state index in [1.54, 1.807) is 4.68 Å². The van der Waals surface area contributed by atoms with Crippen LogP contribution in [-0.4, -0.2) is 37.0 Å². The summed E-state index contributed by atoms with van der Waals surface area (Å²) in [6, 6.07) is 0. The number of aliphatic carboxylic acids is 1. The summed E-state index contributed by atoms with van der Waals surface area (Å²) < 4.78 is 1.70. The molecule has 0 saturated carbocycles. The molecule has 16 heavy (non-hydrogen) atoms. The molecule has 7 heteroatoms. The number of carbonyl (C=O) groups is 1. The van der Waals surface area contributed by atoms with E-state index in [2.05, 4.69) is 22.4 Å². The van der Waals surface area contributed by atoms with Gasteiger partial charge in [0.1, 0.15) is 0 Å². The number of tetrazole rings is 1. The number of hydrogen-bond acceptors (Lipinski definition) is 5. The van der Waals surface area contributed by atoms with E-state index in [0.29, 0.717) is 5.16 Å². The van der Waals surface area contributed by atoms with Crippen LogP contribution in [0.3, 0.4) is 0 Å². The van der Waals surface area contributed by atoms with E-state index in [1.807, 2.05) is 13.8 Å². The van der Waals surface area contributed by atoms with Gasteiger partial charge in [-0.1, -0.05) is 25.1 Å². The Morgan fingerprint density at radius 2 is 2.25 bits per heavy atom. The largest absolute Gasteiger partial charge is 0.481 e. The highest BCUT2D eigenvalue weighted by atomic mass is 32.2. The van der Waals surface area contributed by atoms with E-state index < -0.39 is 5.97 Å².